The summed E-state index contributed by atoms with van der Waals surface area (Å²) in [6.07, 6.45) is 1.54. The minimum Gasteiger partial charge on any atom is -0.465 e. The normalized spacial score (nSPS) is 12.8. The third-order valence-electron chi connectivity index (χ3n) is 4.27. The quantitative estimate of drug-likeness (QED) is 0.498. The summed E-state index contributed by atoms with van der Waals surface area (Å²) in [7, 11) is 1.33. The zero-order valence-electron chi connectivity index (χ0n) is 14.8. The van der Waals surface area contributed by atoms with Gasteiger partial charge in [0, 0.05) is 11.1 Å². The Morgan fingerprint density at radius 2 is 1.61 bits per heavy atom. The molecule has 0 radical (unpaired) electrons. The Morgan fingerprint density at radius 1 is 0.964 bits per heavy atom. The first-order chi connectivity index (χ1) is 13.6. The standard InChI is InChI=1S/C21H14N2O4S/c1-27-21(26)13-10-11-22-18(12-13)28-15-8-6-14(7-9-15)23-19(24)16-4-2-3-5-17(16)20(23)25/h2-12H,1H3. The number of pyridine rings is 1. The molecule has 3 aromatic rings. The summed E-state index contributed by atoms with van der Waals surface area (Å²) in [6, 6.07) is 17.1. The number of hydrogen-bond acceptors (Lipinski definition) is 6. The molecule has 28 heavy (non-hydrogen) atoms. The van der Waals surface area contributed by atoms with E-state index in [4.69, 9.17) is 4.74 Å². The number of anilines is 1. The average Bonchev–Trinajstić information content (AvgIpc) is 2.99. The van der Waals surface area contributed by atoms with Crippen LogP contribution in [-0.2, 0) is 4.74 Å². The molecule has 2 amide bonds. The molecule has 0 fully saturated rings. The van der Waals surface area contributed by atoms with E-state index in [9.17, 15) is 14.4 Å². The molecular formula is C21H14N2O4S. The fraction of sp³-hybridized carbons (Fsp3) is 0.0476. The highest BCUT2D eigenvalue weighted by Crippen LogP contribution is 2.32. The molecular weight excluding hydrogens is 376 g/mol. The van der Waals surface area contributed by atoms with Gasteiger partial charge in [0.1, 0.15) is 5.03 Å². The molecule has 2 aromatic carbocycles. The highest BCUT2D eigenvalue weighted by atomic mass is 32.2. The number of carbonyl (C=O) groups excluding carboxylic acids is 3. The lowest BCUT2D eigenvalue weighted by Gasteiger charge is -2.14. The molecule has 0 saturated carbocycles. The Morgan fingerprint density at radius 3 is 2.21 bits per heavy atom. The van der Waals surface area contributed by atoms with Gasteiger partial charge in [-0.2, -0.15) is 0 Å². The van der Waals surface area contributed by atoms with E-state index in [0.717, 1.165) is 4.90 Å². The maximum absolute atomic E-state index is 12.6. The Hall–Kier alpha value is -3.45. The number of imide groups is 1. The van der Waals surface area contributed by atoms with Gasteiger partial charge in [0.2, 0.25) is 0 Å². The Labute approximate surface area is 165 Å². The van der Waals surface area contributed by atoms with Gasteiger partial charge in [-0.05, 0) is 48.5 Å². The average molecular weight is 390 g/mol. The SMILES string of the molecule is COC(=O)c1ccnc(Sc2ccc(N3C(=O)c4ccccc4C3=O)cc2)c1. The van der Waals surface area contributed by atoms with Crippen molar-refractivity contribution >= 4 is 35.2 Å². The molecule has 0 saturated heterocycles. The first-order valence-electron chi connectivity index (χ1n) is 8.38. The van der Waals surface area contributed by atoms with Crippen molar-refractivity contribution in [3.8, 4) is 0 Å². The molecule has 0 bridgehead atoms. The molecule has 6 nitrogen and oxygen atoms in total. The second kappa shape index (κ2) is 7.28. The third-order valence-corrected chi connectivity index (χ3v) is 5.21. The topological polar surface area (TPSA) is 76.6 Å². The number of esters is 1. The minimum atomic E-state index is -0.426. The van der Waals surface area contributed by atoms with Crippen molar-refractivity contribution in [1.82, 2.24) is 4.98 Å². The van der Waals surface area contributed by atoms with Gasteiger partial charge >= 0.3 is 5.97 Å². The monoisotopic (exact) mass is 390 g/mol. The van der Waals surface area contributed by atoms with Crippen molar-refractivity contribution in [2.24, 2.45) is 0 Å². The fourth-order valence-corrected chi connectivity index (χ4v) is 3.73. The number of fused-ring (bicyclic) bond motifs is 1. The summed E-state index contributed by atoms with van der Waals surface area (Å²) in [5, 5.41) is 0.636. The van der Waals surface area contributed by atoms with Crippen LogP contribution in [0.2, 0.25) is 0 Å². The molecule has 138 valence electrons. The number of carbonyl (C=O) groups is 3. The molecule has 0 N–H and O–H groups in total. The first kappa shape index (κ1) is 17.9. The summed E-state index contributed by atoms with van der Waals surface area (Å²) in [5.74, 6) is -1.08. The summed E-state index contributed by atoms with van der Waals surface area (Å²) in [5.41, 5.74) is 1.75. The smallest absolute Gasteiger partial charge is 0.337 e. The molecule has 0 spiro atoms. The number of amides is 2. The molecule has 1 aromatic heterocycles. The molecule has 0 atom stereocenters. The van der Waals surface area contributed by atoms with Gasteiger partial charge in [-0.25, -0.2) is 14.7 Å². The number of benzene rings is 2. The van der Waals surface area contributed by atoms with Crippen LogP contribution in [-0.4, -0.2) is 29.9 Å². The zero-order valence-corrected chi connectivity index (χ0v) is 15.6. The van der Waals surface area contributed by atoms with Crippen LogP contribution in [0.15, 0.2) is 76.8 Å². The van der Waals surface area contributed by atoms with E-state index in [-0.39, 0.29) is 11.8 Å². The summed E-state index contributed by atoms with van der Waals surface area (Å²) >= 11 is 1.36. The Balaban J connectivity index is 1.55. The van der Waals surface area contributed by atoms with E-state index in [2.05, 4.69) is 4.98 Å². The lowest BCUT2D eigenvalue weighted by molar-refractivity contribution is 0.0600. The van der Waals surface area contributed by atoms with Crippen LogP contribution < -0.4 is 4.90 Å². The van der Waals surface area contributed by atoms with E-state index in [1.165, 1.54) is 23.8 Å². The molecule has 1 aliphatic heterocycles. The van der Waals surface area contributed by atoms with Crippen LogP contribution in [0.3, 0.4) is 0 Å². The largest absolute Gasteiger partial charge is 0.465 e. The number of nitrogens with zero attached hydrogens (tertiary/aromatic N) is 2. The molecule has 0 unspecified atom stereocenters. The van der Waals surface area contributed by atoms with Crippen molar-refractivity contribution in [2.75, 3.05) is 12.0 Å². The number of methoxy groups -OCH3 is 1. The van der Waals surface area contributed by atoms with Crippen molar-refractivity contribution in [1.29, 1.82) is 0 Å². The summed E-state index contributed by atoms with van der Waals surface area (Å²) in [4.78, 5) is 43.0. The van der Waals surface area contributed by atoms with Crippen molar-refractivity contribution < 1.29 is 19.1 Å². The highest BCUT2D eigenvalue weighted by Gasteiger charge is 2.36. The van der Waals surface area contributed by atoms with Gasteiger partial charge in [0.15, 0.2) is 0 Å². The number of hydrogen-bond donors (Lipinski definition) is 0. The molecule has 4 rings (SSSR count). The van der Waals surface area contributed by atoms with Crippen LogP contribution in [0.5, 0.6) is 0 Å². The highest BCUT2D eigenvalue weighted by molar-refractivity contribution is 7.99. The van der Waals surface area contributed by atoms with Gasteiger partial charge in [-0.15, -0.1) is 0 Å². The van der Waals surface area contributed by atoms with Gasteiger partial charge in [-0.1, -0.05) is 23.9 Å². The van der Waals surface area contributed by atoms with E-state index < -0.39 is 5.97 Å². The van der Waals surface area contributed by atoms with Gasteiger partial charge < -0.3 is 4.74 Å². The van der Waals surface area contributed by atoms with Crippen LogP contribution >= 0.6 is 11.8 Å². The number of ether oxygens (including phenoxy) is 1. The Kier molecular flexibility index (Phi) is 4.67. The molecule has 7 heteroatoms. The first-order valence-corrected chi connectivity index (χ1v) is 9.20. The molecule has 0 aliphatic carbocycles. The van der Waals surface area contributed by atoms with E-state index in [1.54, 1.807) is 66.9 Å². The second-order valence-electron chi connectivity index (χ2n) is 5.96. The molecule has 2 heterocycles. The van der Waals surface area contributed by atoms with E-state index >= 15 is 0 Å². The minimum absolute atomic E-state index is 0.326. The van der Waals surface area contributed by atoms with Crippen LogP contribution in [0.25, 0.3) is 0 Å². The zero-order chi connectivity index (χ0) is 19.7. The molecule has 1 aliphatic rings. The van der Waals surface area contributed by atoms with Crippen LogP contribution in [0, 0.1) is 0 Å². The maximum Gasteiger partial charge on any atom is 0.337 e. The fourth-order valence-electron chi connectivity index (χ4n) is 2.92. The predicted molar refractivity (Wildman–Crippen MR) is 104 cm³/mol. The van der Waals surface area contributed by atoms with Crippen molar-refractivity contribution in [3.05, 3.63) is 83.6 Å². The van der Waals surface area contributed by atoms with E-state index in [1.807, 2.05) is 0 Å². The van der Waals surface area contributed by atoms with Crippen LogP contribution in [0.4, 0.5) is 5.69 Å². The Bertz CT molecular complexity index is 1060. The van der Waals surface area contributed by atoms with Gasteiger partial charge in [0.25, 0.3) is 11.8 Å². The lowest BCUT2D eigenvalue weighted by atomic mass is 10.1. The van der Waals surface area contributed by atoms with E-state index in [0.29, 0.717) is 27.4 Å². The second-order valence-corrected chi connectivity index (χ2v) is 7.06. The summed E-state index contributed by atoms with van der Waals surface area (Å²) in [6.45, 7) is 0. The number of aromatic nitrogens is 1. The summed E-state index contributed by atoms with van der Waals surface area (Å²) < 4.78 is 4.72. The lowest BCUT2D eigenvalue weighted by Crippen LogP contribution is -2.29. The van der Waals surface area contributed by atoms with Crippen molar-refractivity contribution in [3.63, 3.8) is 0 Å². The maximum atomic E-state index is 12.6. The van der Waals surface area contributed by atoms with Gasteiger partial charge in [0.05, 0.1) is 29.5 Å². The predicted octanol–water partition coefficient (Wildman–Crippen LogP) is 3.82. The third kappa shape index (κ3) is 3.16. The van der Waals surface area contributed by atoms with Crippen LogP contribution in [0.1, 0.15) is 31.1 Å². The van der Waals surface area contributed by atoms with Gasteiger partial charge in [-0.3, -0.25) is 9.59 Å². The van der Waals surface area contributed by atoms with Crippen molar-refractivity contribution in [2.45, 2.75) is 9.92 Å². The number of rotatable bonds is 4.